The van der Waals surface area contributed by atoms with Crippen molar-refractivity contribution in [1.29, 1.82) is 0 Å². The molecule has 0 bridgehead atoms. The molecule has 1 radical (unpaired) electrons. The minimum absolute atomic E-state index is 0. The molecule has 2 aromatic heterocycles. The van der Waals surface area contributed by atoms with Crippen molar-refractivity contribution in [3.63, 3.8) is 0 Å². The minimum atomic E-state index is -0.296. The number of benzene rings is 10. The summed E-state index contributed by atoms with van der Waals surface area (Å²) in [6.07, 6.45) is 0. The Morgan fingerprint density at radius 1 is 0.419 bits per heavy atom. The van der Waals surface area contributed by atoms with Gasteiger partial charge in [0.25, 0.3) is 5.91 Å². The first-order chi connectivity index (χ1) is 36.0. The molecular formula is C68H45IrN3O2-2. The molecule has 0 aliphatic rings. The molecule has 0 saturated carbocycles. The maximum atomic E-state index is 14.5. The molecule has 0 atom stereocenters. The number of hydrogen-bond donors (Lipinski definition) is 1. The van der Waals surface area contributed by atoms with E-state index in [2.05, 4.69) is 164 Å². The van der Waals surface area contributed by atoms with Crippen molar-refractivity contribution in [3.8, 4) is 83.9 Å². The largest absolute Gasteiger partial charge is 0.507 e. The van der Waals surface area contributed by atoms with E-state index in [1.54, 1.807) is 29.2 Å². The van der Waals surface area contributed by atoms with Crippen LogP contribution in [0.15, 0.2) is 255 Å². The number of anilines is 1. The molecule has 2 heterocycles. The molecule has 5 nitrogen and oxygen atoms in total. The van der Waals surface area contributed by atoms with Crippen LogP contribution in [-0.2, 0) is 26.7 Å². The summed E-state index contributed by atoms with van der Waals surface area (Å²) in [5.74, 6) is -0.360. The topological polar surface area (TPSA) is 66.3 Å². The van der Waals surface area contributed by atoms with E-state index in [0.717, 1.165) is 111 Å². The van der Waals surface area contributed by atoms with Gasteiger partial charge in [-0.2, -0.15) is 0 Å². The predicted molar refractivity (Wildman–Crippen MR) is 298 cm³/mol. The van der Waals surface area contributed by atoms with Crippen LogP contribution in [-0.4, -0.2) is 21.0 Å². The van der Waals surface area contributed by atoms with Crippen LogP contribution in [0.1, 0.15) is 15.9 Å². The number of phenols is 1. The van der Waals surface area contributed by atoms with Gasteiger partial charge in [-0.05, 0) is 116 Å². The number of aromatic hydroxyl groups is 1. The van der Waals surface area contributed by atoms with Gasteiger partial charge in [-0.25, -0.2) is 0 Å². The standard InChI is InChI=1S/C68H45N3O2.Ir/c72-67-29-15-12-26-62(67)68(73)71(56-19-2-1-3-20-56)45-52-18-4-7-21-57(52)53-42-54(60-24-10-8-22-58(60)46-30-34-50(35-31-46)65-40-38-48-16-5-13-27-63(48)69-65)44-55(43-53)61-25-11-9-23-59(61)47-32-36-51(37-33-47)66-41-39-49-17-6-14-28-64(49)70-66;/h1-34,36,38-44,72H,45H2;/q-2;. The Morgan fingerprint density at radius 3 is 1.36 bits per heavy atom. The molecule has 6 heteroatoms. The monoisotopic (exact) mass is 1130 g/mol. The zero-order chi connectivity index (χ0) is 49.1. The molecule has 12 aromatic rings. The van der Waals surface area contributed by atoms with Crippen molar-refractivity contribution in [1.82, 2.24) is 9.97 Å². The van der Waals surface area contributed by atoms with E-state index in [-0.39, 0.29) is 43.9 Å². The summed E-state index contributed by atoms with van der Waals surface area (Å²) in [4.78, 5) is 26.1. The van der Waals surface area contributed by atoms with Crippen molar-refractivity contribution in [2.75, 3.05) is 4.90 Å². The number of para-hydroxylation sites is 4. The van der Waals surface area contributed by atoms with E-state index in [1.165, 1.54) is 0 Å². The Hall–Kier alpha value is -9.06. The third kappa shape index (κ3) is 9.56. The molecule has 0 aliphatic carbocycles. The van der Waals surface area contributed by atoms with Crippen LogP contribution < -0.4 is 4.90 Å². The van der Waals surface area contributed by atoms with Gasteiger partial charge in [0, 0.05) is 25.8 Å². The zero-order valence-electron chi connectivity index (χ0n) is 40.0. The average Bonchev–Trinajstić information content (AvgIpc) is 3.46. The number of carbonyl (C=O) groups excluding carboxylic acids is 1. The second-order valence-corrected chi connectivity index (χ2v) is 18.1. The van der Waals surface area contributed by atoms with E-state index < -0.39 is 0 Å². The third-order valence-electron chi connectivity index (χ3n) is 13.5. The molecule has 1 N–H and O–H groups in total. The molecule has 0 fully saturated rings. The molecule has 0 saturated heterocycles. The molecule has 1 amide bonds. The minimum Gasteiger partial charge on any atom is -0.507 e. The van der Waals surface area contributed by atoms with Gasteiger partial charge in [0.05, 0.1) is 23.1 Å². The quantitative estimate of drug-likeness (QED) is 0.131. The second-order valence-electron chi connectivity index (χ2n) is 18.1. The van der Waals surface area contributed by atoms with Crippen LogP contribution in [0, 0.1) is 12.1 Å². The first kappa shape index (κ1) is 47.3. The van der Waals surface area contributed by atoms with Crippen molar-refractivity contribution in [2.45, 2.75) is 6.54 Å². The number of rotatable bonds is 11. The van der Waals surface area contributed by atoms with Crippen LogP contribution in [0.3, 0.4) is 0 Å². The van der Waals surface area contributed by atoms with Gasteiger partial charge in [-0.3, -0.25) is 14.8 Å². The maximum Gasteiger partial charge on any atom is 0.262 e. The maximum absolute atomic E-state index is 14.5. The van der Waals surface area contributed by atoms with Crippen LogP contribution in [0.4, 0.5) is 5.69 Å². The fourth-order valence-electron chi connectivity index (χ4n) is 9.80. The third-order valence-corrected chi connectivity index (χ3v) is 13.5. The molecule has 0 unspecified atom stereocenters. The number of aromatic nitrogens is 2. The van der Waals surface area contributed by atoms with Crippen LogP contribution >= 0.6 is 0 Å². The SMILES string of the molecule is O=C(c1ccccc1O)N(Cc1ccccc1-c1cc(-c2ccccc2-c2c[c-]c(-c3ccc4ccccc4n3)cc2)cc(-c2ccccc2-c2c[c-]c(-c3ccc4ccccc4n3)cc2)c1)c1ccccc1.[Ir]. The summed E-state index contributed by atoms with van der Waals surface area (Å²) >= 11 is 0. The van der Waals surface area contributed by atoms with Gasteiger partial charge in [0.15, 0.2) is 0 Å². The number of carbonyl (C=O) groups is 1. The Morgan fingerprint density at radius 2 is 0.851 bits per heavy atom. The van der Waals surface area contributed by atoms with Crippen LogP contribution in [0.2, 0.25) is 0 Å². The van der Waals surface area contributed by atoms with Gasteiger partial charge in [0.2, 0.25) is 0 Å². The molecule has 0 spiro atoms. The zero-order valence-corrected chi connectivity index (χ0v) is 42.4. The molecule has 0 aliphatic heterocycles. The number of amides is 1. The first-order valence-corrected chi connectivity index (χ1v) is 24.3. The van der Waals surface area contributed by atoms with Crippen LogP contribution in [0.5, 0.6) is 5.75 Å². The second kappa shape index (κ2) is 21.0. The van der Waals surface area contributed by atoms with Gasteiger partial charge < -0.3 is 10.0 Å². The summed E-state index contributed by atoms with van der Waals surface area (Å²) in [7, 11) is 0. The number of fused-ring (bicyclic) bond motifs is 2. The first-order valence-electron chi connectivity index (χ1n) is 24.3. The Bertz CT molecular complexity index is 3800. The van der Waals surface area contributed by atoms with Crippen molar-refractivity contribution in [3.05, 3.63) is 278 Å². The van der Waals surface area contributed by atoms with E-state index in [0.29, 0.717) is 0 Å². The fourth-order valence-corrected chi connectivity index (χ4v) is 9.80. The van der Waals surface area contributed by atoms with Crippen molar-refractivity contribution in [2.24, 2.45) is 0 Å². The molecule has 10 aromatic carbocycles. The van der Waals surface area contributed by atoms with Gasteiger partial charge >= 0.3 is 0 Å². The summed E-state index contributed by atoms with van der Waals surface area (Å²) in [6, 6.07) is 92.9. The molecule has 12 rings (SSSR count). The van der Waals surface area contributed by atoms with Gasteiger partial charge in [-0.1, -0.05) is 186 Å². The van der Waals surface area contributed by atoms with E-state index in [9.17, 15) is 9.90 Å². The number of hydrogen-bond acceptors (Lipinski definition) is 4. The van der Waals surface area contributed by atoms with Gasteiger partial charge in [0.1, 0.15) is 5.75 Å². The van der Waals surface area contributed by atoms with Crippen LogP contribution in [0.25, 0.3) is 100.0 Å². The Kier molecular flexibility index (Phi) is 13.4. The summed E-state index contributed by atoms with van der Waals surface area (Å²) in [5.41, 5.74) is 17.8. The summed E-state index contributed by atoms with van der Waals surface area (Å²) in [6.45, 7) is 0.253. The van der Waals surface area contributed by atoms with Crippen molar-refractivity contribution < 1.29 is 30.0 Å². The average molecular weight is 1130 g/mol. The molecule has 355 valence electrons. The van der Waals surface area contributed by atoms with E-state index in [4.69, 9.17) is 9.97 Å². The Balaban J connectivity index is 0.00000588. The molecular weight excluding hydrogens is 1080 g/mol. The van der Waals surface area contributed by atoms with Gasteiger partial charge in [-0.15, -0.1) is 59.7 Å². The molecule has 74 heavy (non-hydrogen) atoms. The predicted octanol–water partition coefficient (Wildman–Crippen LogP) is 16.6. The van der Waals surface area contributed by atoms with E-state index in [1.807, 2.05) is 78.9 Å². The number of phenolic OH excluding ortho intramolecular Hbond substituents is 1. The van der Waals surface area contributed by atoms with E-state index >= 15 is 0 Å². The smallest absolute Gasteiger partial charge is 0.262 e. The van der Waals surface area contributed by atoms with Crippen molar-refractivity contribution >= 4 is 33.4 Å². The normalized spacial score (nSPS) is 11.0. The number of nitrogens with zero attached hydrogens (tertiary/aromatic N) is 3. The number of pyridine rings is 2. The summed E-state index contributed by atoms with van der Waals surface area (Å²) < 4.78 is 0. The summed E-state index contributed by atoms with van der Waals surface area (Å²) in [5, 5.41) is 13.1. The Labute approximate surface area is 444 Å². The fraction of sp³-hybridized carbons (Fsp3) is 0.0147.